The van der Waals surface area contributed by atoms with Crippen molar-refractivity contribution in [1.29, 1.82) is 0 Å². The average Bonchev–Trinajstić information content (AvgIpc) is 2.79. The number of amides is 1. The van der Waals surface area contributed by atoms with E-state index in [9.17, 15) is 4.79 Å². The minimum atomic E-state index is -0.326. The maximum absolute atomic E-state index is 12.6. The number of aromatic nitrogens is 2. The van der Waals surface area contributed by atoms with Crippen LogP contribution in [0.25, 0.3) is 22.0 Å². The number of thioether (sulfide) groups is 1. The second kappa shape index (κ2) is 9.28. The number of carbonyl (C=O) groups excluding carboxylic acids is 1. The maximum atomic E-state index is 12.6. The van der Waals surface area contributed by atoms with Crippen molar-refractivity contribution in [3.8, 4) is 11.3 Å². The van der Waals surface area contributed by atoms with Crippen molar-refractivity contribution in [1.82, 2.24) is 15.5 Å². The second-order valence-electron chi connectivity index (χ2n) is 6.83. The van der Waals surface area contributed by atoms with Crippen LogP contribution in [0, 0.1) is 0 Å². The molecule has 0 aliphatic rings. The number of nitrogens with zero attached hydrogens (tertiary/aromatic N) is 2. The zero-order chi connectivity index (χ0) is 20.9. The molecular formula is C24H20ClN3OS. The number of halogens is 1. The van der Waals surface area contributed by atoms with E-state index in [1.807, 2.05) is 85.8 Å². The van der Waals surface area contributed by atoms with E-state index in [4.69, 9.17) is 11.6 Å². The first kappa shape index (κ1) is 20.4. The highest BCUT2D eigenvalue weighted by molar-refractivity contribution is 8.00. The molecule has 0 saturated heterocycles. The molecule has 4 rings (SSSR count). The van der Waals surface area contributed by atoms with E-state index in [2.05, 4.69) is 15.5 Å². The van der Waals surface area contributed by atoms with E-state index in [0.717, 1.165) is 32.6 Å². The number of carbonyl (C=O) groups is 1. The lowest BCUT2D eigenvalue weighted by Gasteiger charge is -2.14. The molecule has 0 spiro atoms. The Kier molecular flexibility index (Phi) is 6.31. The number of hydrogen-bond donors (Lipinski definition) is 1. The SMILES string of the molecule is CC(Sc1nnc(-c2ccccc2)c2ccccc12)C(=O)NCc1ccccc1Cl. The smallest absolute Gasteiger partial charge is 0.233 e. The predicted octanol–water partition coefficient (Wildman–Crippen LogP) is 5.75. The molecule has 0 aliphatic carbocycles. The largest absolute Gasteiger partial charge is 0.351 e. The number of benzene rings is 3. The fraction of sp³-hybridized carbons (Fsp3) is 0.125. The fourth-order valence-electron chi connectivity index (χ4n) is 3.16. The Hall–Kier alpha value is -2.89. The summed E-state index contributed by atoms with van der Waals surface area (Å²) in [6.45, 7) is 2.26. The van der Waals surface area contributed by atoms with Crippen LogP contribution in [0.1, 0.15) is 12.5 Å². The van der Waals surface area contributed by atoms with Crippen LogP contribution < -0.4 is 5.32 Å². The van der Waals surface area contributed by atoms with Gasteiger partial charge in [0.15, 0.2) is 0 Å². The van der Waals surface area contributed by atoms with Gasteiger partial charge in [0.2, 0.25) is 5.91 Å². The Labute approximate surface area is 184 Å². The summed E-state index contributed by atoms with van der Waals surface area (Å²) in [5, 5.41) is 14.9. The van der Waals surface area contributed by atoms with Gasteiger partial charge in [-0.1, -0.05) is 96.2 Å². The molecule has 3 aromatic carbocycles. The number of fused-ring (bicyclic) bond motifs is 1. The van der Waals surface area contributed by atoms with Gasteiger partial charge in [0.25, 0.3) is 0 Å². The molecule has 1 unspecified atom stereocenters. The Morgan fingerprint density at radius 3 is 2.37 bits per heavy atom. The molecule has 0 bridgehead atoms. The topological polar surface area (TPSA) is 54.9 Å². The van der Waals surface area contributed by atoms with E-state index >= 15 is 0 Å². The molecule has 1 atom stereocenters. The van der Waals surface area contributed by atoms with Gasteiger partial charge in [-0.15, -0.1) is 10.2 Å². The maximum Gasteiger partial charge on any atom is 0.233 e. The zero-order valence-electron chi connectivity index (χ0n) is 16.4. The average molecular weight is 434 g/mol. The van der Waals surface area contributed by atoms with E-state index in [1.54, 1.807) is 0 Å². The van der Waals surface area contributed by atoms with Crippen molar-refractivity contribution >= 4 is 40.0 Å². The molecule has 1 aromatic heterocycles. The second-order valence-corrected chi connectivity index (χ2v) is 8.57. The summed E-state index contributed by atoms with van der Waals surface area (Å²) < 4.78 is 0. The van der Waals surface area contributed by atoms with Gasteiger partial charge < -0.3 is 5.32 Å². The number of hydrogen-bond acceptors (Lipinski definition) is 4. The lowest BCUT2D eigenvalue weighted by Crippen LogP contribution is -2.30. The molecule has 1 N–H and O–H groups in total. The van der Waals surface area contributed by atoms with Crippen molar-refractivity contribution < 1.29 is 4.79 Å². The Morgan fingerprint density at radius 1 is 0.933 bits per heavy atom. The van der Waals surface area contributed by atoms with Crippen molar-refractivity contribution in [3.05, 3.63) is 89.4 Å². The summed E-state index contributed by atoms with van der Waals surface area (Å²) in [6, 6.07) is 25.5. The first-order chi connectivity index (χ1) is 14.6. The molecular weight excluding hydrogens is 414 g/mol. The summed E-state index contributed by atoms with van der Waals surface area (Å²) in [5.74, 6) is -0.0714. The van der Waals surface area contributed by atoms with Gasteiger partial charge in [-0.2, -0.15) is 0 Å². The first-order valence-corrected chi connectivity index (χ1v) is 10.9. The van der Waals surface area contributed by atoms with Gasteiger partial charge in [0, 0.05) is 27.9 Å². The molecule has 0 radical (unpaired) electrons. The minimum Gasteiger partial charge on any atom is -0.351 e. The molecule has 0 fully saturated rings. The lowest BCUT2D eigenvalue weighted by atomic mass is 10.1. The molecule has 0 aliphatic heterocycles. The van der Waals surface area contributed by atoms with Gasteiger partial charge in [-0.25, -0.2) is 0 Å². The monoisotopic (exact) mass is 433 g/mol. The first-order valence-electron chi connectivity index (χ1n) is 9.62. The number of rotatable bonds is 6. The normalized spacial score (nSPS) is 11.9. The summed E-state index contributed by atoms with van der Waals surface area (Å²) in [4.78, 5) is 12.6. The minimum absolute atomic E-state index is 0.0714. The molecule has 4 aromatic rings. The van der Waals surface area contributed by atoms with E-state index in [0.29, 0.717) is 11.6 Å². The van der Waals surface area contributed by atoms with Crippen molar-refractivity contribution in [2.24, 2.45) is 0 Å². The van der Waals surface area contributed by atoms with E-state index in [-0.39, 0.29) is 11.2 Å². The molecule has 4 nitrogen and oxygen atoms in total. The molecule has 1 heterocycles. The van der Waals surface area contributed by atoms with Crippen molar-refractivity contribution in [2.75, 3.05) is 0 Å². The molecule has 150 valence electrons. The zero-order valence-corrected chi connectivity index (χ0v) is 18.0. The summed E-state index contributed by atoms with van der Waals surface area (Å²) >= 11 is 7.58. The quantitative estimate of drug-likeness (QED) is 0.393. The predicted molar refractivity (Wildman–Crippen MR) is 124 cm³/mol. The van der Waals surface area contributed by atoms with Crippen LogP contribution in [0.3, 0.4) is 0 Å². The highest BCUT2D eigenvalue weighted by atomic mass is 35.5. The van der Waals surface area contributed by atoms with Gasteiger partial charge in [0.05, 0.1) is 5.25 Å². The third-order valence-electron chi connectivity index (χ3n) is 4.77. The molecule has 30 heavy (non-hydrogen) atoms. The van der Waals surface area contributed by atoms with Crippen molar-refractivity contribution in [3.63, 3.8) is 0 Å². The third kappa shape index (κ3) is 4.48. The standard InChI is InChI=1S/C24H20ClN3OS/c1-16(23(29)26-15-18-11-5-8-14-21(18)25)30-24-20-13-7-6-12-19(20)22(27-28-24)17-9-3-2-4-10-17/h2-14,16H,15H2,1H3,(H,26,29). The highest BCUT2D eigenvalue weighted by Crippen LogP contribution is 2.33. The van der Waals surface area contributed by atoms with Gasteiger partial charge in [0.1, 0.15) is 10.7 Å². The van der Waals surface area contributed by atoms with E-state index in [1.165, 1.54) is 11.8 Å². The Morgan fingerprint density at radius 2 is 1.60 bits per heavy atom. The molecule has 1 amide bonds. The van der Waals surface area contributed by atoms with Crippen molar-refractivity contribution in [2.45, 2.75) is 23.7 Å². The van der Waals surface area contributed by atoms with Gasteiger partial charge >= 0.3 is 0 Å². The number of nitrogens with one attached hydrogen (secondary N) is 1. The van der Waals surface area contributed by atoms with E-state index < -0.39 is 0 Å². The summed E-state index contributed by atoms with van der Waals surface area (Å²) in [6.07, 6.45) is 0. The summed E-state index contributed by atoms with van der Waals surface area (Å²) in [5.41, 5.74) is 2.75. The van der Waals surface area contributed by atoms with Gasteiger partial charge in [-0.05, 0) is 18.6 Å². The highest BCUT2D eigenvalue weighted by Gasteiger charge is 2.18. The Balaban J connectivity index is 1.54. The fourth-order valence-corrected chi connectivity index (χ4v) is 4.29. The van der Waals surface area contributed by atoms with Crippen LogP contribution in [-0.4, -0.2) is 21.4 Å². The molecule has 0 saturated carbocycles. The van der Waals surface area contributed by atoms with Crippen LogP contribution in [0.2, 0.25) is 5.02 Å². The van der Waals surface area contributed by atoms with Crippen LogP contribution in [0.15, 0.2) is 83.9 Å². The molecule has 6 heteroatoms. The van der Waals surface area contributed by atoms with Crippen LogP contribution in [0.4, 0.5) is 0 Å². The third-order valence-corrected chi connectivity index (χ3v) is 6.23. The van der Waals surface area contributed by atoms with Gasteiger partial charge in [-0.3, -0.25) is 4.79 Å². The lowest BCUT2D eigenvalue weighted by molar-refractivity contribution is -0.120. The van der Waals surface area contributed by atoms with Crippen LogP contribution >= 0.6 is 23.4 Å². The van der Waals surface area contributed by atoms with Crippen LogP contribution in [0.5, 0.6) is 0 Å². The van der Waals surface area contributed by atoms with Crippen LogP contribution in [-0.2, 0) is 11.3 Å². The summed E-state index contributed by atoms with van der Waals surface area (Å²) in [7, 11) is 0. The Bertz CT molecular complexity index is 1180.